The number of carbonyl (C=O) groups is 2. The number of nitrogens with zero attached hydrogens (tertiary/aromatic N) is 6. The molecular formula is C34H25Br3N6O3. The van der Waals surface area contributed by atoms with Gasteiger partial charge in [-0.25, -0.2) is 14.7 Å². The molecule has 0 radical (unpaired) electrons. The Labute approximate surface area is 290 Å². The van der Waals surface area contributed by atoms with Crippen molar-refractivity contribution >= 4 is 88.3 Å². The number of halogens is 3. The molecule has 6 rings (SSSR count). The van der Waals surface area contributed by atoms with E-state index in [1.165, 1.54) is 16.7 Å². The van der Waals surface area contributed by atoms with Crippen molar-refractivity contribution in [3.8, 4) is 5.88 Å². The first-order chi connectivity index (χ1) is 22.3. The predicted octanol–water partition coefficient (Wildman–Crippen LogP) is 9.05. The quantitative estimate of drug-likeness (QED) is 0.143. The molecule has 0 aliphatic rings. The molecule has 0 fully saturated rings. The third kappa shape index (κ3) is 6.74. The van der Waals surface area contributed by atoms with Crippen molar-refractivity contribution in [2.24, 2.45) is 0 Å². The van der Waals surface area contributed by atoms with Crippen LogP contribution in [0, 0.1) is 0 Å². The van der Waals surface area contributed by atoms with Gasteiger partial charge in [-0.3, -0.25) is 14.3 Å². The molecule has 0 bridgehead atoms. The van der Waals surface area contributed by atoms with E-state index in [0.29, 0.717) is 28.3 Å². The van der Waals surface area contributed by atoms with Gasteiger partial charge in [0.2, 0.25) is 11.9 Å². The normalized spacial score (nSPS) is 11.0. The molecule has 230 valence electrons. The van der Waals surface area contributed by atoms with E-state index in [1.54, 1.807) is 0 Å². The lowest BCUT2D eigenvalue weighted by Crippen LogP contribution is -2.31. The maximum Gasteiger partial charge on any atom is 0.425 e. The van der Waals surface area contributed by atoms with Crippen molar-refractivity contribution < 1.29 is 14.3 Å². The molecule has 0 N–H and O–H groups in total. The van der Waals surface area contributed by atoms with Crippen LogP contribution in [0.4, 0.5) is 22.1 Å². The zero-order chi connectivity index (χ0) is 32.2. The van der Waals surface area contributed by atoms with Crippen molar-refractivity contribution in [2.75, 3.05) is 9.80 Å². The minimum Gasteiger partial charge on any atom is -0.388 e. The highest BCUT2D eigenvalue weighted by Gasteiger charge is 2.27. The van der Waals surface area contributed by atoms with Crippen LogP contribution in [0.15, 0.2) is 123 Å². The zero-order valence-electron chi connectivity index (χ0n) is 24.3. The molecular weight excluding hydrogens is 780 g/mol. The third-order valence-corrected chi connectivity index (χ3v) is 9.25. The second kappa shape index (κ2) is 13.9. The van der Waals surface area contributed by atoms with E-state index in [2.05, 4.69) is 57.8 Å². The van der Waals surface area contributed by atoms with Crippen LogP contribution in [0.5, 0.6) is 5.88 Å². The number of imidazole rings is 1. The smallest absolute Gasteiger partial charge is 0.388 e. The number of anilines is 3. The minimum atomic E-state index is -0.708. The predicted molar refractivity (Wildman–Crippen MR) is 188 cm³/mol. The molecule has 2 amide bonds. The fraction of sp³-hybridized carbons (Fsp3) is 0.0882. The van der Waals surface area contributed by atoms with Crippen LogP contribution in [0.3, 0.4) is 0 Å². The van der Waals surface area contributed by atoms with Gasteiger partial charge < -0.3 is 4.74 Å². The topological polar surface area (TPSA) is 93.5 Å². The number of hydrogen-bond acceptors (Lipinski definition) is 6. The summed E-state index contributed by atoms with van der Waals surface area (Å²) in [6.45, 7) is 2.00. The molecule has 46 heavy (non-hydrogen) atoms. The van der Waals surface area contributed by atoms with Gasteiger partial charge in [0.25, 0.3) is 5.88 Å². The summed E-state index contributed by atoms with van der Waals surface area (Å²) in [5.74, 6) is -0.323. The molecule has 12 heteroatoms. The zero-order valence-corrected chi connectivity index (χ0v) is 29.1. The Balaban J connectivity index is 1.49. The number of fused-ring (bicyclic) bond motifs is 1. The number of benzene rings is 4. The first-order valence-electron chi connectivity index (χ1n) is 14.1. The van der Waals surface area contributed by atoms with Crippen LogP contribution < -0.4 is 14.5 Å². The largest absolute Gasteiger partial charge is 0.425 e. The monoisotopic (exact) mass is 802 g/mol. The molecule has 0 aliphatic heterocycles. The number of carbonyl (C=O) groups excluding carboxylic acids is 2. The van der Waals surface area contributed by atoms with Gasteiger partial charge in [0, 0.05) is 15.9 Å². The van der Waals surface area contributed by atoms with Crippen LogP contribution in [0.2, 0.25) is 0 Å². The first-order valence-corrected chi connectivity index (χ1v) is 16.5. The molecule has 0 saturated heterocycles. The Bertz CT molecular complexity index is 2000. The van der Waals surface area contributed by atoms with Crippen LogP contribution in [0.1, 0.15) is 18.1 Å². The highest BCUT2D eigenvalue weighted by atomic mass is 79.9. The van der Waals surface area contributed by atoms with Crippen LogP contribution in [-0.4, -0.2) is 31.5 Å². The van der Waals surface area contributed by atoms with Crippen LogP contribution in [-0.2, 0) is 17.9 Å². The van der Waals surface area contributed by atoms with Crippen molar-refractivity contribution in [3.05, 3.63) is 134 Å². The fourth-order valence-corrected chi connectivity index (χ4v) is 6.12. The van der Waals surface area contributed by atoms with E-state index < -0.39 is 6.09 Å². The maximum absolute atomic E-state index is 14.0. The van der Waals surface area contributed by atoms with Gasteiger partial charge in [-0.2, -0.15) is 9.97 Å². The lowest BCUT2D eigenvalue weighted by atomic mass is 10.2. The molecule has 2 heterocycles. The Kier molecular flexibility index (Phi) is 9.57. The number of rotatable bonds is 8. The van der Waals surface area contributed by atoms with E-state index in [4.69, 9.17) is 9.72 Å². The summed E-state index contributed by atoms with van der Waals surface area (Å²) in [5.41, 5.74) is 3.65. The maximum atomic E-state index is 14.0. The summed E-state index contributed by atoms with van der Waals surface area (Å²) < 4.78 is 10.1. The highest BCUT2D eigenvalue weighted by molar-refractivity contribution is 9.11. The molecule has 6 aromatic rings. The molecule has 2 aromatic heterocycles. The molecule has 0 aliphatic carbocycles. The number of para-hydroxylation sites is 2. The van der Waals surface area contributed by atoms with Crippen molar-refractivity contribution in [2.45, 2.75) is 20.0 Å². The van der Waals surface area contributed by atoms with E-state index in [1.807, 2.05) is 114 Å². The Hall–Kier alpha value is -4.39. The summed E-state index contributed by atoms with van der Waals surface area (Å²) >= 11 is 10.8. The lowest BCUT2D eigenvalue weighted by molar-refractivity contribution is -0.116. The number of ether oxygens (including phenoxy) is 1. The standard InChI is InChI=1S/C34H25Br3N6O3/c1-22(44)41(20-23-12-8-10-18-27(23)35)33-39-30-29(38-32(37)42(30)21-24-13-9-11-19-28(24)36)31(40-33)46-34(45)43(25-14-4-2-5-15-25)26-16-6-3-7-17-26/h2-19H,20-21H2,1H3. The number of hydrogen-bond donors (Lipinski definition) is 0. The molecule has 0 spiro atoms. The first kappa shape index (κ1) is 31.6. The van der Waals surface area contributed by atoms with Gasteiger partial charge in [-0.15, -0.1) is 0 Å². The van der Waals surface area contributed by atoms with Gasteiger partial charge in [0.15, 0.2) is 15.9 Å². The Morgan fingerprint density at radius 2 is 1.26 bits per heavy atom. The minimum absolute atomic E-state index is 0.0605. The van der Waals surface area contributed by atoms with Crippen LogP contribution >= 0.6 is 47.8 Å². The SMILES string of the molecule is CC(=O)N(Cc1ccccc1Br)c1nc(OC(=O)N(c2ccccc2)c2ccccc2)c2nc(Br)n(Cc3ccccc3Br)c2n1. The van der Waals surface area contributed by atoms with Gasteiger partial charge >= 0.3 is 6.09 Å². The Morgan fingerprint density at radius 3 is 1.83 bits per heavy atom. The molecule has 0 unspecified atom stereocenters. The van der Waals surface area contributed by atoms with Gasteiger partial charge in [-0.05, 0) is 63.5 Å². The second-order valence-corrected chi connectivity index (χ2v) is 12.5. The summed E-state index contributed by atoms with van der Waals surface area (Å²) in [4.78, 5) is 44.2. The summed E-state index contributed by atoms with van der Waals surface area (Å²) in [7, 11) is 0. The van der Waals surface area contributed by atoms with Gasteiger partial charge in [0.1, 0.15) is 0 Å². The molecule has 0 atom stereocenters. The van der Waals surface area contributed by atoms with Gasteiger partial charge in [-0.1, -0.05) is 105 Å². The van der Waals surface area contributed by atoms with E-state index in [9.17, 15) is 9.59 Å². The molecule has 0 saturated carbocycles. The van der Waals surface area contributed by atoms with Crippen molar-refractivity contribution in [3.63, 3.8) is 0 Å². The summed E-state index contributed by atoms with van der Waals surface area (Å²) in [6.07, 6.45) is -0.708. The van der Waals surface area contributed by atoms with Gasteiger partial charge in [0.05, 0.1) is 24.5 Å². The average Bonchev–Trinajstić information content (AvgIpc) is 3.37. The third-order valence-electron chi connectivity index (χ3n) is 7.09. The Morgan fingerprint density at radius 1 is 0.717 bits per heavy atom. The highest BCUT2D eigenvalue weighted by Crippen LogP contribution is 2.33. The molecule has 9 nitrogen and oxygen atoms in total. The van der Waals surface area contributed by atoms with E-state index >= 15 is 0 Å². The van der Waals surface area contributed by atoms with E-state index in [0.717, 1.165) is 20.1 Å². The molecule has 4 aromatic carbocycles. The number of aromatic nitrogens is 4. The summed E-state index contributed by atoms with van der Waals surface area (Å²) in [6, 6.07) is 33.8. The lowest BCUT2D eigenvalue weighted by Gasteiger charge is -2.23. The van der Waals surface area contributed by atoms with E-state index in [-0.39, 0.29) is 29.8 Å². The second-order valence-electron chi connectivity index (χ2n) is 10.1. The van der Waals surface area contributed by atoms with Crippen molar-refractivity contribution in [1.82, 2.24) is 19.5 Å². The van der Waals surface area contributed by atoms with Crippen LogP contribution in [0.25, 0.3) is 11.2 Å². The summed E-state index contributed by atoms with van der Waals surface area (Å²) in [5, 5.41) is 0. The average molecular weight is 805 g/mol. The fourth-order valence-electron chi connectivity index (χ4n) is 4.83. The number of amides is 2. The van der Waals surface area contributed by atoms with Crippen molar-refractivity contribution in [1.29, 1.82) is 0 Å².